The van der Waals surface area contributed by atoms with Crippen molar-refractivity contribution in [2.45, 2.75) is 25.9 Å². The average molecular weight is 442 g/mol. The summed E-state index contributed by atoms with van der Waals surface area (Å²) in [5, 5.41) is 0.554. The number of aryl methyl sites for hydroxylation is 1. The number of hydrogen-bond donors (Lipinski definition) is 0. The smallest absolute Gasteiger partial charge is 0.251 e. The molecule has 7 nitrogen and oxygen atoms in total. The van der Waals surface area contributed by atoms with Crippen molar-refractivity contribution in [1.29, 1.82) is 0 Å². The predicted octanol–water partition coefficient (Wildman–Crippen LogP) is 2.83. The summed E-state index contributed by atoms with van der Waals surface area (Å²) in [6.07, 6.45) is 0.215. The molecule has 31 heavy (non-hydrogen) atoms. The Morgan fingerprint density at radius 2 is 1.77 bits per heavy atom. The van der Waals surface area contributed by atoms with Crippen LogP contribution < -0.4 is 14.4 Å². The van der Waals surface area contributed by atoms with Crippen LogP contribution in [0.2, 0.25) is 5.02 Å². The minimum absolute atomic E-state index is 0.158. The Morgan fingerprint density at radius 3 is 2.55 bits per heavy atom. The number of amides is 2. The Kier molecular flexibility index (Phi) is 5.33. The maximum absolute atomic E-state index is 13.1. The molecule has 0 aromatic heterocycles. The monoisotopic (exact) mass is 441 g/mol. The van der Waals surface area contributed by atoms with Crippen molar-refractivity contribution < 1.29 is 19.1 Å². The molecule has 2 amide bonds. The number of carbonyl (C=O) groups excluding carboxylic acids is 2. The number of anilines is 1. The van der Waals surface area contributed by atoms with Gasteiger partial charge in [0.2, 0.25) is 12.7 Å². The minimum atomic E-state index is -0.403. The van der Waals surface area contributed by atoms with E-state index in [0.717, 1.165) is 49.8 Å². The van der Waals surface area contributed by atoms with Crippen LogP contribution in [0.15, 0.2) is 36.4 Å². The fraction of sp³-hybridized carbons (Fsp3) is 0.391. The van der Waals surface area contributed by atoms with Gasteiger partial charge in [-0.15, -0.1) is 0 Å². The van der Waals surface area contributed by atoms with Crippen LogP contribution in [0.1, 0.15) is 17.5 Å². The number of ether oxygens (including phenoxy) is 2. The van der Waals surface area contributed by atoms with Gasteiger partial charge < -0.3 is 9.47 Å². The highest BCUT2D eigenvalue weighted by Crippen LogP contribution is 2.33. The summed E-state index contributed by atoms with van der Waals surface area (Å²) in [4.78, 5) is 31.5. The highest BCUT2D eigenvalue weighted by Gasteiger charge is 2.43. The van der Waals surface area contributed by atoms with E-state index in [9.17, 15) is 9.59 Å². The van der Waals surface area contributed by atoms with Gasteiger partial charge in [-0.2, -0.15) is 0 Å². The molecule has 5 rings (SSSR count). The lowest BCUT2D eigenvalue weighted by molar-refractivity contribution is -0.123. The fourth-order valence-electron chi connectivity index (χ4n) is 4.42. The van der Waals surface area contributed by atoms with Crippen LogP contribution in [0.4, 0.5) is 5.69 Å². The lowest BCUT2D eigenvalue weighted by atomic mass is 10.1. The minimum Gasteiger partial charge on any atom is -0.454 e. The van der Waals surface area contributed by atoms with Gasteiger partial charge in [0.15, 0.2) is 11.5 Å². The third-order valence-electron chi connectivity index (χ3n) is 6.23. The number of rotatable bonds is 4. The van der Waals surface area contributed by atoms with E-state index in [-0.39, 0.29) is 25.0 Å². The molecule has 2 aromatic rings. The highest BCUT2D eigenvalue weighted by molar-refractivity contribution is 6.32. The van der Waals surface area contributed by atoms with Crippen LogP contribution >= 0.6 is 11.6 Å². The maximum atomic E-state index is 13.1. The first kappa shape index (κ1) is 20.3. The van der Waals surface area contributed by atoms with E-state index in [0.29, 0.717) is 10.7 Å². The van der Waals surface area contributed by atoms with E-state index < -0.39 is 6.04 Å². The van der Waals surface area contributed by atoms with Gasteiger partial charge in [-0.05, 0) is 42.3 Å². The number of benzene rings is 2. The zero-order valence-electron chi connectivity index (χ0n) is 17.3. The number of piperazine rings is 1. The predicted molar refractivity (Wildman–Crippen MR) is 117 cm³/mol. The molecule has 162 valence electrons. The van der Waals surface area contributed by atoms with Gasteiger partial charge in [-0.25, -0.2) is 4.90 Å². The Hall–Kier alpha value is -2.61. The number of nitrogens with zero attached hydrogens (tertiary/aromatic N) is 3. The molecule has 2 saturated heterocycles. The Bertz CT molecular complexity index is 1040. The number of imide groups is 1. The Morgan fingerprint density at radius 1 is 1.00 bits per heavy atom. The van der Waals surface area contributed by atoms with Crippen LogP contribution in [0.25, 0.3) is 0 Å². The lowest BCUT2D eigenvalue weighted by Crippen LogP contribution is -2.52. The molecule has 0 saturated carbocycles. The van der Waals surface area contributed by atoms with Gasteiger partial charge in [0.1, 0.15) is 0 Å². The third kappa shape index (κ3) is 3.89. The van der Waals surface area contributed by atoms with Crippen molar-refractivity contribution in [1.82, 2.24) is 9.80 Å². The second kappa shape index (κ2) is 8.15. The molecule has 0 unspecified atom stereocenters. The number of carbonyl (C=O) groups is 2. The molecule has 2 fully saturated rings. The SMILES string of the molecule is Cc1ccc(N2C(=O)C[C@H](N3CCN(Cc4ccc5c(c4)OCO5)CC3)C2=O)cc1Cl. The molecule has 3 heterocycles. The number of halogens is 1. The van der Waals surface area contributed by atoms with Gasteiger partial charge >= 0.3 is 0 Å². The van der Waals surface area contributed by atoms with Crippen LogP contribution in [-0.4, -0.2) is 60.6 Å². The molecule has 0 radical (unpaired) electrons. The standard InChI is InChI=1S/C23H24ClN3O4/c1-15-2-4-17(11-18(15)24)27-22(28)12-19(23(27)29)26-8-6-25(7-9-26)13-16-3-5-20-21(10-16)31-14-30-20/h2-5,10-11,19H,6-9,12-14H2,1H3/t19-/m0/s1. The quantitative estimate of drug-likeness (QED) is 0.680. The van der Waals surface area contributed by atoms with E-state index in [1.54, 1.807) is 12.1 Å². The molecule has 8 heteroatoms. The second-order valence-electron chi connectivity index (χ2n) is 8.22. The van der Waals surface area contributed by atoms with E-state index in [1.165, 1.54) is 10.5 Å². The molecular weight excluding hydrogens is 418 g/mol. The van der Waals surface area contributed by atoms with Crippen LogP contribution in [0.3, 0.4) is 0 Å². The molecule has 2 aromatic carbocycles. The van der Waals surface area contributed by atoms with E-state index in [2.05, 4.69) is 15.9 Å². The molecule has 0 N–H and O–H groups in total. The first-order chi connectivity index (χ1) is 15.0. The zero-order chi connectivity index (χ0) is 21.5. The van der Waals surface area contributed by atoms with Crippen molar-refractivity contribution in [2.24, 2.45) is 0 Å². The molecule has 0 bridgehead atoms. The summed E-state index contributed by atoms with van der Waals surface area (Å²) < 4.78 is 10.8. The van der Waals surface area contributed by atoms with Crippen molar-refractivity contribution in [3.8, 4) is 11.5 Å². The summed E-state index contributed by atoms with van der Waals surface area (Å²) >= 11 is 6.21. The van der Waals surface area contributed by atoms with Crippen LogP contribution in [0.5, 0.6) is 11.5 Å². The average Bonchev–Trinajstić information content (AvgIpc) is 3.34. The summed E-state index contributed by atoms with van der Waals surface area (Å²) in [5.74, 6) is 1.26. The fourth-order valence-corrected chi connectivity index (χ4v) is 4.60. The molecule has 3 aliphatic rings. The summed E-state index contributed by atoms with van der Waals surface area (Å²) in [7, 11) is 0. The molecule has 0 spiro atoms. The third-order valence-corrected chi connectivity index (χ3v) is 6.63. The largest absolute Gasteiger partial charge is 0.454 e. The van der Waals surface area contributed by atoms with Gasteiger partial charge in [-0.3, -0.25) is 19.4 Å². The van der Waals surface area contributed by atoms with E-state index in [4.69, 9.17) is 21.1 Å². The summed E-state index contributed by atoms with van der Waals surface area (Å²) in [6, 6.07) is 10.9. The first-order valence-corrected chi connectivity index (χ1v) is 10.9. The Labute approximate surface area is 186 Å². The van der Waals surface area contributed by atoms with Crippen LogP contribution in [-0.2, 0) is 16.1 Å². The van der Waals surface area contributed by atoms with Gasteiger partial charge in [0, 0.05) is 37.7 Å². The number of fused-ring (bicyclic) bond motifs is 1. The van der Waals surface area contributed by atoms with Crippen molar-refractivity contribution in [3.05, 3.63) is 52.5 Å². The van der Waals surface area contributed by atoms with E-state index in [1.807, 2.05) is 25.1 Å². The van der Waals surface area contributed by atoms with Crippen molar-refractivity contribution in [3.63, 3.8) is 0 Å². The van der Waals surface area contributed by atoms with Gasteiger partial charge in [0.25, 0.3) is 5.91 Å². The maximum Gasteiger partial charge on any atom is 0.251 e. The normalized spacial score (nSPS) is 21.9. The van der Waals surface area contributed by atoms with Crippen molar-refractivity contribution >= 4 is 29.1 Å². The van der Waals surface area contributed by atoms with Crippen LogP contribution in [0, 0.1) is 6.92 Å². The lowest BCUT2D eigenvalue weighted by Gasteiger charge is -2.37. The molecule has 3 aliphatic heterocycles. The summed E-state index contributed by atoms with van der Waals surface area (Å²) in [6.45, 7) is 6.15. The van der Waals surface area contributed by atoms with Crippen molar-refractivity contribution in [2.75, 3.05) is 37.9 Å². The zero-order valence-corrected chi connectivity index (χ0v) is 18.1. The van der Waals surface area contributed by atoms with Gasteiger partial charge in [0.05, 0.1) is 18.2 Å². The number of hydrogen-bond acceptors (Lipinski definition) is 6. The second-order valence-corrected chi connectivity index (χ2v) is 8.63. The molecular formula is C23H24ClN3O4. The molecule has 0 aliphatic carbocycles. The van der Waals surface area contributed by atoms with E-state index >= 15 is 0 Å². The topological polar surface area (TPSA) is 62.3 Å². The highest BCUT2D eigenvalue weighted by atomic mass is 35.5. The molecule has 1 atom stereocenters. The van der Waals surface area contributed by atoms with Gasteiger partial charge in [-0.1, -0.05) is 23.7 Å². The first-order valence-electron chi connectivity index (χ1n) is 10.5. The summed E-state index contributed by atoms with van der Waals surface area (Å²) in [5.41, 5.74) is 2.64. The Balaban J connectivity index is 1.21.